The Kier molecular flexibility index (Phi) is 24.9. The normalized spacial score (nSPS) is 9.69. The molecule has 2 nitrogen and oxygen atoms in total. The van der Waals surface area contributed by atoms with Crippen LogP contribution in [-0.2, 0) is 13.0 Å². The molecule has 1 rings (SSSR count). The second kappa shape index (κ2) is 23.9. The molecular weight excluding hydrogens is 318 g/mol. The fourth-order valence-corrected chi connectivity index (χ4v) is 2.64. The Balaban J connectivity index is 0. The fourth-order valence-electron chi connectivity index (χ4n) is 2.64. The number of benzene rings is 1. The van der Waals surface area contributed by atoms with Crippen LogP contribution in [0.5, 0.6) is 0 Å². The van der Waals surface area contributed by atoms with Crippen LogP contribution in [0.2, 0.25) is 0 Å². The van der Waals surface area contributed by atoms with Crippen molar-refractivity contribution in [2.45, 2.75) is 91.5 Å². The highest BCUT2D eigenvalue weighted by atomic mass is 16.2. The molecule has 0 aliphatic heterocycles. The molecule has 0 radical (unpaired) electrons. The van der Waals surface area contributed by atoms with Gasteiger partial charge in [-0.1, -0.05) is 83.1 Å². The van der Waals surface area contributed by atoms with Gasteiger partial charge in [0, 0.05) is 13.2 Å². The second-order valence-electron chi connectivity index (χ2n) is 6.53. The zero-order valence-electron chi connectivity index (χ0n) is 17.9. The molecule has 0 aliphatic carbocycles. The number of aliphatic hydroxyl groups is 1. The van der Waals surface area contributed by atoms with Crippen LogP contribution in [0.4, 0.5) is 0 Å². The first kappa shape index (κ1) is 27.1. The molecule has 0 spiro atoms. The lowest BCUT2D eigenvalue weighted by Gasteiger charge is -2.06. The third-order valence-electron chi connectivity index (χ3n) is 4.13. The van der Waals surface area contributed by atoms with Gasteiger partial charge in [0.15, 0.2) is 0 Å². The number of nitrogens with one attached hydrogen (secondary N) is 1. The second-order valence-corrected chi connectivity index (χ2v) is 6.53. The third-order valence-corrected chi connectivity index (χ3v) is 4.13. The van der Waals surface area contributed by atoms with E-state index in [1.54, 1.807) is 6.92 Å². The smallest absolute Gasteiger partial charge is 0.0402 e. The third kappa shape index (κ3) is 19.2. The molecule has 2 heteroatoms. The lowest BCUT2D eigenvalue weighted by atomic mass is 10.0. The van der Waals surface area contributed by atoms with Gasteiger partial charge in [-0.15, -0.1) is 13.2 Å². The van der Waals surface area contributed by atoms with E-state index in [0.29, 0.717) is 0 Å². The summed E-state index contributed by atoms with van der Waals surface area (Å²) in [4.78, 5) is 0. The van der Waals surface area contributed by atoms with Gasteiger partial charge in [0.05, 0.1) is 0 Å². The minimum Gasteiger partial charge on any atom is -0.397 e. The number of hydrogen-bond donors (Lipinski definition) is 2. The summed E-state index contributed by atoms with van der Waals surface area (Å²) in [6.45, 7) is 14.6. The van der Waals surface area contributed by atoms with E-state index >= 15 is 0 Å². The summed E-state index contributed by atoms with van der Waals surface area (Å²) in [7, 11) is 0. The molecule has 2 N–H and O–H groups in total. The standard InChI is InChI=1S/C20H35N.C2H6O.C2H4/c1-3-5-7-8-9-10-11-12-19-13-15-20(16-14-19)18-21-17-6-4-2;1-2-3;1-2/h13-16,21H,3-12,17-18H2,1-2H3;3H,2H2,1H3;1-2H2. The molecule has 0 saturated carbocycles. The van der Waals surface area contributed by atoms with Gasteiger partial charge in [0.1, 0.15) is 0 Å². The quantitative estimate of drug-likeness (QED) is 0.303. The van der Waals surface area contributed by atoms with Gasteiger partial charge in [-0.05, 0) is 43.9 Å². The summed E-state index contributed by atoms with van der Waals surface area (Å²) < 4.78 is 0. The van der Waals surface area contributed by atoms with E-state index in [2.05, 4.69) is 56.6 Å². The van der Waals surface area contributed by atoms with Crippen LogP contribution in [-0.4, -0.2) is 18.3 Å². The number of unbranched alkanes of at least 4 members (excludes halogenated alkanes) is 7. The molecular formula is C24H45NO. The average molecular weight is 364 g/mol. The Bertz CT molecular complexity index is 361. The van der Waals surface area contributed by atoms with Crippen LogP contribution in [0.25, 0.3) is 0 Å². The largest absolute Gasteiger partial charge is 0.397 e. The van der Waals surface area contributed by atoms with Gasteiger partial charge in [-0.25, -0.2) is 0 Å². The molecule has 0 aliphatic rings. The van der Waals surface area contributed by atoms with E-state index in [0.717, 1.165) is 13.1 Å². The van der Waals surface area contributed by atoms with Crippen LogP contribution < -0.4 is 5.32 Å². The van der Waals surface area contributed by atoms with Crippen LogP contribution >= 0.6 is 0 Å². The Morgan fingerprint density at radius 3 is 1.73 bits per heavy atom. The molecule has 0 aromatic heterocycles. The van der Waals surface area contributed by atoms with Gasteiger partial charge in [-0.3, -0.25) is 0 Å². The number of hydrogen-bond acceptors (Lipinski definition) is 2. The Morgan fingerprint density at radius 1 is 0.731 bits per heavy atom. The Hall–Kier alpha value is -1.12. The van der Waals surface area contributed by atoms with Gasteiger partial charge >= 0.3 is 0 Å². The van der Waals surface area contributed by atoms with E-state index in [1.165, 1.54) is 75.3 Å². The van der Waals surface area contributed by atoms with Crippen molar-refractivity contribution in [2.75, 3.05) is 13.2 Å². The van der Waals surface area contributed by atoms with E-state index in [4.69, 9.17) is 5.11 Å². The van der Waals surface area contributed by atoms with Crippen LogP contribution in [0, 0.1) is 0 Å². The molecule has 0 amide bonds. The maximum atomic E-state index is 7.57. The molecule has 1 aromatic rings. The van der Waals surface area contributed by atoms with E-state index in [9.17, 15) is 0 Å². The molecule has 152 valence electrons. The molecule has 0 heterocycles. The van der Waals surface area contributed by atoms with E-state index < -0.39 is 0 Å². The van der Waals surface area contributed by atoms with Crippen molar-refractivity contribution in [1.29, 1.82) is 0 Å². The van der Waals surface area contributed by atoms with Gasteiger partial charge in [0.2, 0.25) is 0 Å². The molecule has 1 aromatic carbocycles. The zero-order valence-corrected chi connectivity index (χ0v) is 17.9. The summed E-state index contributed by atoms with van der Waals surface area (Å²) in [5.41, 5.74) is 2.91. The zero-order chi connectivity index (χ0) is 19.9. The molecule has 26 heavy (non-hydrogen) atoms. The molecule has 0 fully saturated rings. The van der Waals surface area contributed by atoms with Crippen molar-refractivity contribution in [2.24, 2.45) is 0 Å². The average Bonchev–Trinajstić information content (AvgIpc) is 2.68. The number of aliphatic hydroxyl groups excluding tert-OH is 1. The summed E-state index contributed by atoms with van der Waals surface area (Å²) in [6.07, 6.45) is 13.6. The number of aryl methyl sites for hydroxylation is 1. The van der Waals surface area contributed by atoms with Crippen molar-refractivity contribution in [3.05, 3.63) is 48.6 Å². The van der Waals surface area contributed by atoms with Crippen LogP contribution in [0.15, 0.2) is 37.4 Å². The topological polar surface area (TPSA) is 32.3 Å². The highest BCUT2D eigenvalue weighted by Crippen LogP contribution is 2.11. The number of rotatable bonds is 13. The lowest BCUT2D eigenvalue weighted by molar-refractivity contribution is 0.318. The SMILES string of the molecule is C=C.CCCCCCCCCc1ccc(CNCCCC)cc1.CCO. The fraction of sp³-hybridized carbons (Fsp3) is 0.667. The summed E-state index contributed by atoms with van der Waals surface area (Å²) >= 11 is 0. The van der Waals surface area contributed by atoms with Crippen molar-refractivity contribution in [3.8, 4) is 0 Å². The van der Waals surface area contributed by atoms with Crippen molar-refractivity contribution in [1.82, 2.24) is 5.32 Å². The minimum absolute atomic E-state index is 0.250. The van der Waals surface area contributed by atoms with Crippen molar-refractivity contribution in [3.63, 3.8) is 0 Å². The highest BCUT2D eigenvalue weighted by molar-refractivity contribution is 5.22. The van der Waals surface area contributed by atoms with Crippen LogP contribution in [0.3, 0.4) is 0 Å². The predicted molar refractivity (Wildman–Crippen MR) is 119 cm³/mol. The van der Waals surface area contributed by atoms with E-state index in [1.807, 2.05) is 0 Å². The monoisotopic (exact) mass is 363 g/mol. The van der Waals surface area contributed by atoms with Gasteiger partial charge < -0.3 is 10.4 Å². The first-order valence-corrected chi connectivity index (χ1v) is 10.7. The Labute approximate surface area is 164 Å². The maximum Gasteiger partial charge on any atom is 0.0402 e. The molecule has 0 atom stereocenters. The van der Waals surface area contributed by atoms with E-state index in [-0.39, 0.29) is 6.61 Å². The Morgan fingerprint density at radius 2 is 1.19 bits per heavy atom. The predicted octanol–water partition coefficient (Wildman–Crippen LogP) is 6.67. The maximum absolute atomic E-state index is 7.57. The van der Waals surface area contributed by atoms with Gasteiger partial charge in [-0.2, -0.15) is 0 Å². The highest BCUT2D eigenvalue weighted by Gasteiger charge is 1.96. The van der Waals surface area contributed by atoms with Gasteiger partial charge in [0.25, 0.3) is 0 Å². The molecule has 0 unspecified atom stereocenters. The minimum atomic E-state index is 0.250. The first-order valence-electron chi connectivity index (χ1n) is 10.7. The lowest BCUT2D eigenvalue weighted by Crippen LogP contribution is -2.14. The molecule has 0 saturated heterocycles. The first-order chi connectivity index (χ1) is 12.8. The van der Waals surface area contributed by atoms with Crippen LogP contribution in [0.1, 0.15) is 89.7 Å². The van der Waals surface area contributed by atoms with Crippen molar-refractivity contribution < 1.29 is 5.11 Å². The van der Waals surface area contributed by atoms with Crippen molar-refractivity contribution >= 4 is 0 Å². The summed E-state index contributed by atoms with van der Waals surface area (Å²) in [6, 6.07) is 9.20. The summed E-state index contributed by atoms with van der Waals surface area (Å²) in [5, 5.41) is 11.1. The molecule has 0 bridgehead atoms. The summed E-state index contributed by atoms with van der Waals surface area (Å²) in [5.74, 6) is 0.